The molecule has 19 heavy (non-hydrogen) atoms. The van der Waals surface area contributed by atoms with E-state index < -0.39 is 11.7 Å². The van der Waals surface area contributed by atoms with Crippen molar-refractivity contribution in [2.45, 2.75) is 13.1 Å². The maximum atomic E-state index is 12.4. The molecule has 3 nitrogen and oxygen atoms in total. The number of carbonyl (C=O) groups excluding carboxylic acids is 1. The molecule has 0 saturated carbocycles. The lowest BCUT2D eigenvalue weighted by atomic mass is 10.0. The van der Waals surface area contributed by atoms with E-state index in [1.807, 2.05) is 0 Å². The Morgan fingerprint density at radius 1 is 1.26 bits per heavy atom. The van der Waals surface area contributed by atoms with Gasteiger partial charge in [-0.1, -0.05) is 12.1 Å². The first-order valence-electron chi connectivity index (χ1n) is 5.43. The summed E-state index contributed by atoms with van der Waals surface area (Å²) < 4.78 is 37.2. The molecule has 0 heterocycles. The van der Waals surface area contributed by atoms with E-state index in [0.29, 0.717) is 11.1 Å². The molecule has 0 bridgehead atoms. The molecule has 0 saturated heterocycles. The Kier molecular flexibility index (Phi) is 4.72. The van der Waals surface area contributed by atoms with Crippen LogP contribution >= 0.6 is 0 Å². The highest BCUT2D eigenvalue weighted by Gasteiger charge is 2.29. The molecule has 0 aliphatic rings. The molecule has 0 N–H and O–H groups in total. The predicted molar refractivity (Wildman–Crippen MR) is 64.9 cm³/mol. The minimum atomic E-state index is -4.36. The summed E-state index contributed by atoms with van der Waals surface area (Å²) in [6.07, 6.45) is -3.06. The zero-order valence-electron chi connectivity index (χ0n) is 10.8. The van der Waals surface area contributed by atoms with E-state index in [2.05, 4.69) is 0 Å². The lowest BCUT2D eigenvalue weighted by Crippen LogP contribution is -2.23. The quantitative estimate of drug-likeness (QED) is 0.625. The van der Waals surface area contributed by atoms with E-state index in [0.717, 1.165) is 17.2 Å². The van der Waals surface area contributed by atoms with E-state index in [4.69, 9.17) is 4.84 Å². The normalized spacial score (nSPS) is 12.4. The number of likely N-dealkylation sites (N-methyl/N-ethyl adjacent to an activating group) is 1. The van der Waals surface area contributed by atoms with Crippen molar-refractivity contribution in [2.75, 3.05) is 14.2 Å². The summed E-state index contributed by atoms with van der Waals surface area (Å²) in [5, 5.41) is 1.02. The molecule has 1 rings (SSSR count). The zero-order chi connectivity index (χ0) is 14.6. The maximum absolute atomic E-state index is 12.4. The Morgan fingerprint density at radius 3 is 2.21 bits per heavy atom. The number of carbonyl (C=O) groups is 1. The number of halogens is 3. The molecule has 0 radical (unpaired) electrons. The van der Waals surface area contributed by atoms with Crippen LogP contribution in [0.2, 0.25) is 0 Å². The van der Waals surface area contributed by atoms with Crippen LogP contribution in [-0.2, 0) is 15.8 Å². The van der Waals surface area contributed by atoms with Gasteiger partial charge in [-0.05, 0) is 30.2 Å². The van der Waals surface area contributed by atoms with Crippen LogP contribution in [0.1, 0.15) is 18.1 Å². The van der Waals surface area contributed by atoms with Gasteiger partial charge >= 0.3 is 6.18 Å². The number of benzene rings is 1. The van der Waals surface area contributed by atoms with Crippen LogP contribution in [0.15, 0.2) is 30.3 Å². The zero-order valence-corrected chi connectivity index (χ0v) is 10.8. The van der Waals surface area contributed by atoms with Crippen molar-refractivity contribution in [3.63, 3.8) is 0 Å². The molecule has 0 aromatic heterocycles. The monoisotopic (exact) mass is 273 g/mol. The van der Waals surface area contributed by atoms with Crippen LogP contribution in [-0.4, -0.2) is 25.1 Å². The summed E-state index contributed by atoms with van der Waals surface area (Å²) in [6, 6.07) is 4.62. The van der Waals surface area contributed by atoms with Crippen LogP contribution in [0.5, 0.6) is 0 Å². The molecule has 1 aromatic carbocycles. The van der Waals surface area contributed by atoms with Crippen LogP contribution in [0.4, 0.5) is 13.2 Å². The maximum Gasteiger partial charge on any atom is 0.416 e. The average molecular weight is 273 g/mol. The van der Waals surface area contributed by atoms with Crippen LogP contribution in [0.3, 0.4) is 0 Å². The highest BCUT2D eigenvalue weighted by Crippen LogP contribution is 2.29. The van der Waals surface area contributed by atoms with Crippen molar-refractivity contribution in [1.82, 2.24) is 5.06 Å². The fourth-order valence-corrected chi connectivity index (χ4v) is 1.37. The molecule has 1 amide bonds. The third kappa shape index (κ3) is 4.10. The number of hydrogen-bond acceptors (Lipinski definition) is 2. The summed E-state index contributed by atoms with van der Waals surface area (Å²) in [7, 11) is 2.79. The standard InChI is InChI=1S/C13H14F3NO2/c1-9(8-12(18)17(2)19-3)10-4-6-11(7-5-10)13(14,15)16/h4-8H,1-3H3/b9-8+. The largest absolute Gasteiger partial charge is 0.416 e. The van der Waals surface area contributed by atoms with Gasteiger partial charge in [0, 0.05) is 13.1 Å². The number of alkyl halides is 3. The summed E-state index contributed by atoms with van der Waals surface area (Å²) in [5.41, 5.74) is 0.387. The second-order valence-corrected chi connectivity index (χ2v) is 3.92. The molecule has 0 atom stereocenters. The van der Waals surface area contributed by atoms with E-state index >= 15 is 0 Å². The van der Waals surface area contributed by atoms with Gasteiger partial charge in [0.15, 0.2) is 0 Å². The second-order valence-electron chi connectivity index (χ2n) is 3.92. The molecule has 0 unspecified atom stereocenters. The van der Waals surface area contributed by atoms with Crippen LogP contribution in [0, 0.1) is 0 Å². The van der Waals surface area contributed by atoms with Gasteiger partial charge in [0.2, 0.25) is 0 Å². The van der Waals surface area contributed by atoms with Crippen molar-refractivity contribution in [2.24, 2.45) is 0 Å². The fourth-order valence-electron chi connectivity index (χ4n) is 1.37. The Balaban J connectivity index is 2.92. The van der Waals surface area contributed by atoms with Gasteiger partial charge in [-0.25, -0.2) is 5.06 Å². The number of hydrogen-bond donors (Lipinski definition) is 0. The first-order valence-corrected chi connectivity index (χ1v) is 5.43. The molecule has 0 spiro atoms. The number of amides is 1. The van der Waals surface area contributed by atoms with E-state index in [1.54, 1.807) is 6.92 Å². The highest BCUT2D eigenvalue weighted by molar-refractivity contribution is 5.94. The van der Waals surface area contributed by atoms with E-state index in [9.17, 15) is 18.0 Å². The highest BCUT2D eigenvalue weighted by atomic mass is 19.4. The van der Waals surface area contributed by atoms with Crippen molar-refractivity contribution in [3.8, 4) is 0 Å². The summed E-state index contributed by atoms with van der Waals surface area (Å²) in [5.74, 6) is -0.389. The van der Waals surface area contributed by atoms with Crippen LogP contribution in [0.25, 0.3) is 5.57 Å². The number of nitrogens with zero attached hydrogens (tertiary/aromatic N) is 1. The smallest absolute Gasteiger partial charge is 0.274 e. The fraction of sp³-hybridized carbons (Fsp3) is 0.308. The Labute approximate surface area is 109 Å². The van der Waals surface area contributed by atoms with Gasteiger partial charge in [0.1, 0.15) is 0 Å². The van der Waals surface area contributed by atoms with Gasteiger partial charge in [-0.3, -0.25) is 9.63 Å². The van der Waals surface area contributed by atoms with Gasteiger partial charge in [-0.15, -0.1) is 0 Å². The first-order chi connectivity index (χ1) is 8.75. The first kappa shape index (κ1) is 15.2. The average Bonchev–Trinajstić information content (AvgIpc) is 2.36. The van der Waals surface area contributed by atoms with E-state index in [-0.39, 0.29) is 5.91 Å². The lowest BCUT2D eigenvalue weighted by molar-refractivity contribution is -0.162. The number of rotatable bonds is 3. The number of allylic oxidation sites excluding steroid dienone is 1. The molecule has 104 valence electrons. The second kappa shape index (κ2) is 5.88. The van der Waals surface area contributed by atoms with Crippen molar-refractivity contribution in [1.29, 1.82) is 0 Å². The van der Waals surface area contributed by atoms with Crippen molar-refractivity contribution >= 4 is 11.5 Å². The van der Waals surface area contributed by atoms with Crippen molar-refractivity contribution in [3.05, 3.63) is 41.5 Å². The molecular weight excluding hydrogens is 259 g/mol. The Morgan fingerprint density at radius 2 is 1.79 bits per heavy atom. The molecule has 6 heteroatoms. The third-order valence-corrected chi connectivity index (χ3v) is 2.59. The Bertz CT molecular complexity index is 478. The van der Waals surface area contributed by atoms with Crippen molar-refractivity contribution < 1.29 is 22.8 Å². The van der Waals surface area contributed by atoms with Gasteiger partial charge in [0.05, 0.1) is 12.7 Å². The molecule has 0 aliphatic heterocycles. The van der Waals surface area contributed by atoms with Gasteiger partial charge < -0.3 is 0 Å². The molecular formula is C13H14F3NO2. The van der Waals surface area contributed by atoms with Gasteiger partial charge in [0.25, 0.3) is 5.91 Å². The minimum absolute atomic E-state index is 0.389. The topological polar surface area (TPSA) is 29.5 Å². The SMILES string of the molecule is CON(C)C(=O)/C=C(\C)c1ccc(C(F)(F)F)cc1. The molecule has 0 aliphatic carbocycles. The minimum Gasteiger partial charge on any atom is -0.274 e. The predicted octanol–water partition coefficient (Wildman–Crippen LogP) is 3.13. The van der Waals surface area contributed by atoms with E-state index in [1.165, 1.54) is 32.4 Å². The summed E-state index contributed by atoms with van der Waals surface area (Å²) in [6.45, 7) is 1.64. The third-order valence-electron chi connectivity index (χ3n) is 2.59. The van der Waals surface area contributed by atoms with Gasteiger partial charge in [-0.2, -0.15) is 13.2 Å². The lowest BCUT2D eigenvalue weighted by Gasteiger charge is -2.12. The van der Waals surface area contributed by atoms with Crippen LogP contribution < -0.4 is 0 Å². The summed E-state index contributed by atoms with van der Waals surface area (Å²) in [4.78, 5) is 16.2. The molecule has 0 fully saturated rings. The molecule has 1 aromatic rings. The number of hydroxylamine groups is 2. The Hall–Kier alpha value is -1.82. The summed E-state index contributed by atoms with van der Waals surface area (Å²) >= 11 is 0.